The second-order valence-electron chi connectivity index (χ2n) is 6.74. The molecule has 1 saturated heterocycles. The van der Waals surface area contributed by atoms with E-state index in [1.54, 1.807) is 9.80 Å². The van der Waals surface area contributed by atoms with Gasteiger partial charge < -0.3 is 14.3 Å². The van der Waals surface area contributed by atoms with Crippen LogP contribution < -0.4 is 0 Å². The maximum atomic E-state index is 12.5. The zero-order valence-electron chi connectivity index (χ0n) is 15.0. The van der Waals surface area contributed by atoms with Crippen molar-refractivity contribution in [1.29, 1.82) is 0 Å². The Hall–Kier alpha value is -1.92. The first-order valence-corrected chi connectivity index (χ1v) is 8.86. The number of nitrogens with zero attached hydrogens (tertiary/aromatic N) is 4. The molecule has 0 saturated carbocycles. The number of aromatic nitrogens is 2. The zero-order chi connectivity index (χ0) is 17.5. The molecule has 0 bridgehead atoms. The van der Waals surface area contributed by atoms with Gasteiger partial charge in [0.2, 0.25) is 17.7 Å². The van der Waals surface area contributed by atoms with E-state index in [1.807, 2.05) is 6.92 Å². The molecule has 0 atom stereocenters. The van der Waals surface area contributed by atoms with E-state index < -0.39 is 0 Å². The number of carbonyl (C=O) groups excluding carboxylic acids is 2. The Labute approximate surface area is 143 Å². The summed E-state index contributed by atoms with van der Waals surface area (Å²) in [6.07, 6.45) is 4.21. The van der Waals surface area contributed by atoms with Crippen molar-refractivity contribution in [3.8, 4) is 0 Å². The lowest BCUT2D eigenvalue weighted by atomic mass is 10.1. The molecule has 134 valence electrons. The fourth-order valence-corrected chi connectivity index (χ4v) is 2.80. The minimum Gasteiger partial charge on any atom is -0.339 e. The molecule has 1 aromatic rings. The van der Waals surface area contributed by atoms with Crippen molar-refractivity contribution < 1.29 is 14.1 Å². The van der Waals surface area contributed by atoms with Crippen molar-refractivity contribution in [2.24, 2.45) is 5.92 Å². The minimum atomic E-state index is -0.0667. The number of carbonyl (C=O) groups is 2. The summed E-state index contributed by atoms with van der Waals surface area (Å²) in [4.78, 5) is 32.3. The van der Waals surface area contributed by atoms with E-state index in [0.717, 1.165) is 25.7 Å². The van der Waals surface area contributed by atoms with Crippen LogP contribution in [-0.4, -0.2) is 51.4 Å². The second kappa shape index (κ2) is 8.80. The lowest BCUT2D eigenvalue weighted by Crippen LogP contribution is -2.42. The van der Waals surface area contributed by atoms with Crippen molar-refractivity contribution in [2.75, 3.05) is 19.6 Å². The van der Waals surface area contributed by atoms with Gasteiger partial charge in [0.25, 0.3) is 0 Å². The Bertz CT molecular complexity index is 556. The Morgan fingerprint density at radius 3 is 2.83 bits per heavy atom. The molecular formula is C17H28N4O3. The summed E-state index contributed by atoms with van der Waals surface area (Å²) in [6.45, 7) is 7.77. The van der Waals surface area contributed by atoms with Gasteiger partial charge in [-0.25, -0.2) is 0 Å². The van der Waals surface area contributed by atoms with Crippen molar-refractivity contribution in [2.45, 2.75) is 59.4 Å². The predicted octanol–water partition coefficient (Wildman–Crippen LogP) is 2.02. The molecule has 2 heterocycles. The molecule has 0 aliphatic carbocycles. The Morgan fingerprint density at radius 1 is 1.33 bits per heavy atom. The quantitative estimate of drug-likeness (QED) is 0.761. The van der Waals surface area contributed by atoms with E-state index in [2.05, 4.69) is 24.0 Å². The predicted molar refractivity (Wildman–Crippen MR) is 89.0 cm³/mol. The van der Waals surface area contributed by atoms with Gasteiger partial charge in [-0.1, -0.05) is 25.4 Å². The minimum absolute atomic E-state index is 0.0667. The summed E-state index contributed by atoms with van der Waals surface area (Å²) < 4.78 is 5.22. The van der Waals surface area contributed by atoms with E-state index in [9.17, 15) is 9.59 Å². The highest BCUT2D eigenvalue weighted by Gasteiger charge is 2.23. The lowest BCUT2D eigenvalue weighted by molar-refractivity contribution is -0.140. The van der Waals surface area contributed by atoms with Crippen LogP contribution in [0.15, 0.2) is 4.52 Å². The van der Waals surface area contributed by atoms with Crippen LogP contribution in [0.1, 0.15) is 58.2 Å². The largest absolute Gasteiger partial charge is 0.339 e. The average Bonchev–Trinajstić information content (AvgIpc) is 2.86. The number of hydrogen-bond acceptors (Lipinski definition) is 5. The molecule has 2 rings (SSSR count). The van der Waals surface area contributed by atoms with Crippen LogP contribution in [0.4, 0.5) is 0 Å². The molecule has 1 aliphatic heterocycles. The van der Waals surface area contributed by atoms with Gasteiger partial charge in [-0.3, -0.25) is 9.59 Å². The molecule has 0 N–H and O–H groups in total. The summed E-state index contributed by atoms with van der Waals surface area (Å²) in [5.74, 6) is 1.57. The highest BCUT2D eigenvalue weighted by atomic mass is 16.5. The van der Waals surface area contributed by atoms with Crippen molar-refractivity contribution in [1.82, 2.24) is 19.9 Å². The van der Waals surface area contributed by atoms with Gasteiger partial charge in [0.1, 0.15) is 0 Å². The summed E-state index contributed by atoms with van der Waals surface area (Å²) >= 11 is 0. The third-order valence-electron chi connectivity index (χ3n) is 4.16. The summed E-state index contributed by atoms with van der Waals surface area (Å²) in [5.41, 5.74) is 0. The number of amides is 2. The zero-order valence-corrected chi connectivity index (χ0v) is 15.0. The topological polar surface area (TPSA) is 79.5 Å². The third kappa shape index (κ3) is 5.32. The fourth-order valence-electron chi connectivity index (χ4n) is 2.80. The molecule has 1 aromatic heterocycles. The number of rotatable bonds is 7. The highest BCUT2D eigenvalue weighted by Crippen LogP contribution is 2.12. The van der Waals surface area contributed by atoms with Crippen molar-refractivity contribution in [3.63, 3.8) is 0 Å². The van der Waals surface area contributed by atoms with Crippen LogP contribution in [-0.2, 0) is 22.6 Å². The molecule has 0 aromatic carbocycles. The van der Waals surface area contributed by atoms with E-state index in [4.69, 9.17) is 4.52 Å². The fraction of sp³-hybridized carbons (Fsp3) is 0.765. The Balaban J connectivity index is 1.93. The van der Waals surface area contributed by atoms with E-state index >= 15 is 0 Å². The summed E-state index contributed by atoms with van der Waals surface area (Å²) in [5, 5.41) is 3.96. The van der Waals surface area contributed by atoms with Crippen LogP contribution in [0.5, 0.6) is 0 Å². The first-order valence-electron chi connectivity index (χ1n) is 8.86. The molecule has 24 heavy (non-hydrogen) atoms. The highest BCUT2D eigenvalue weighted by molar-refractivity contribution is 5.84. The summed E-state index contributed by atoms with van der Waals surface area (Å²) in [7, 11) is 0. The normalized spacial score (nSPS) is 15.7. The molecule has 7 nitrogen and oxygen atoms in total. The molecule has 0 spiro atoms. The Kier molecular flexibility index (Phi) is 6.75. The van der Waals surface area contributed by atoms with Gasteiger partial charge in [-0.15, -0.1) is 0 Å². The van der Waals surface area contributed by atoms with E-state index in [0.29, 0.717) is 43.7 Å². The standard InChI is InChI=1S/C17H28N4O3/c1-4-20(11-14-18-15(24-19-14)10-13(2)3)17(23)12-21-9-7-5-6-8-16(21)22/h13H,4-12H2,1-3H3. The van der Waals surface area contributed by atoms with Gasteiger partial charge >= 0.3 is 0 Å². The monoisotopic (exact) mass is 336 g/mol. The molecule has 0 unspecified atom stereocenters. The maximum Gasteiger partial charge on any atom is 0.242 e. The van der Waals surface area contributed by atoms with Gasteiger partial charge in [0.05, 0.1) is 13.1 Å². The van der Waals surface area contributed by atoms with Crippen LogP contribution >= 0.6 is 0 Å². The second-order valence-corrected chi connectivity index (χ2v) is 6.74. The molecule has 7 heteroatoms. The van der Waals surface area contributed by atoms with Gasteiger partial charge in [0, 0.05) is 25.9 Å². The lowest BCUT2D eigenvalue weighted by Gasteiger charge is -2.25. The first kappa shape index (κ1) is 18.4. The van der Waals surface area contributed by atoms with Gasteiger partial charge in [-0.2, -0.15) is 4.98 Å². The van der Waals surface area contributed by atoms with Gasteiger partial charge in [-0.05, 0) is 25.7 Å². The van der Waals surface area contributed by atoms with Crippen LogP contribution in [0.3, 0.4) is 0 Å². The number of likely N-dealkylation sites (tertiary alicyclic amines) is 1. The molecular weight excluding hydrogens is 308 g/mol. The van der Waals surface area contributed by atoms with Gasteiger partial charge in [0.15, 0.2) is 5.82 Å². The molecule has 2 amide bonds. The third-order valence-corrected chi connectivity index (χ3v) is 4.16. The molecule has 1 aliphatic rings. The van der Waals surface area contributed by atoms with Crippen molar-refractivity contribution >= 4 is 11.8 Å². The number of hydrogen-bond donors (Lipinski definition) is 0. The molecule has 1 fully saturated rings. The number of likely N-dealkylation sites (N-methyl/N-ethyl adjacent to an activating group) is 1. The van der Waals surface area contributed by atoms with E-state index in [-0.39, 0.29) is 18.4 Å². The van der Waals surface area contributed by atoms with Crippen LogP contribution in [0.25, 0.3) is 0 Å². The maximum absolute atomic E-state index is 12.5. The van der Waals surface area contributed by atoms with E-state index in [1.165, 1.54) is 0 Å². The first-order chi connectivity index (χ1) is 11.5. The van der Waals surface area contributed by atoms with Crippen LogP contribution in [0.2, 0.25) is 0 Å². The van der Waals surface area contributed by atoms with Crippen molar-refractivity contribution in [3.05, 3.63) is 11.7 Å². The Morgan fingerprint density at radius 2 is 2.12 bits per heavy atom. The van der Waals surface area contributed by atoms with Crippen LogP contribution in [0, 0.1) is 5.92 Å². The summed E-state index contributed by atoms with van der Waals surface area (Å²) in [6, 6.07) is 0. The average molecular weight is 336 g/mol. The SMILES string of the molecule is CCN(Cc1noc(CC(C)C)n1)C(=O)CN1CCCCCC1=O. The smallest absolute Gasteiger partial charge is 0.242 e. The molecule has 0 radical (unpaired) electrons.